The Hall–Kier alpha value is -2.53. The molecule has 0 saturated carbocycles. The first-order chi connectivity index (χ1) is 10.1. The van der Waals surface area contributed by atoms with Crippen LogP contribution in [0.25, 0.3) is 10.9 Å². The summed E-state index contributed by atoms with van der Waals surface area (Å²) in [6.07, 6.45) is 1.86. The number of fused-ring (bicyclic) bond motifs is 1. The summed E-state index contributed by atoms with van der Waals surface area (Å²) in [5.74, 6) is 0.719. The zero-order valence-corrected chi connectivity index (χ0v) is 11.6. The van der Waals surface area contributed by atoms with E-state index >= 15 is 0 Å². The van der Waals surface area contributed by atoms with Gasteiger partial charge in [-0.05, 0) is 30.3 Å². The van der Waals surface area contributed by atoms with E-state index in [1.54, 1.807) is 6.07 Å². The zero-order valence-electron chi connectivity index (χ0n) is 10.9. The molecule has 0 aliphatic rings. The van der Waals surface area contributed by atoms with Crippen LogP contribution in [0.2, 0.25) is 5.02 Å². The van der Waals surface area contributed by atoms with Gasteiger partial charge in [-0.3, -0.25) is 10.1 Å². The molecule has 1 N–H and O–H groups in total. The van der Waals surface area contributed by atoms with Gasteiger partial charge in [-0.25, -0.2) is 0 Å². The number of ether oxygens (including phenoxy) is 1. The van der Waals surface area contributed by atoms with Gasteiger partial charge in [0.1, 0.15) is 12.4 Å². The summed E-state index contributed by atoms with van der Waals surface area (Å²) in [6.45, 7) is 0.257. The topological polar surface area (TPSA) is 68.2 Å². The SMILES string of the molecule is O=[N+]([O-])c1ccc(COc2ccc3[nH]ccc3c2)c(Cl)c1. The van der Waals surface area contributed by atoms with E-state index in [0.29, 0.717) is 10.6 Å². The smallest absolute Gasteiger partial charge is 0.270 e. The average Bonchev–Trinajstić information content (AvgIpc) is 2.93. The summed E-state index contributed by atoms with van der Waals surface area (Å²) in [5.41, 5.74) is 1.71. The zero-order chi connectivity index (χ0) is 14.8. The molecule has 0 amide bonds. The van der Waals surface area contributed by atoms with Crippen LogP contribution in [0.1, 0.15) is 5.56 Å². The molecule has 2 aromatic carbocycles. The molecule has 3 rings (SSSR count). The Kier molecular flexibility index (Phi) is 3.50. The fraction of sp³-hybridized carbons (Fsp3) is 0.0667. The highest BCUT2D eigenvalue weighted by molar-refractivity contribution is 6.31. The lowest BCUT2D eigenvalue weighted by Crippen LogP contribution is -1.97. The van der Waals surface area contributed by atoms with E-state index in [-0.39, 0.29) is 12.3 Å². The molecule has 1 aromatic heterocycles. The summed E-state index contributed by atoms with van der Waals surface area (Å²) >= 11 is 6.03. The van der Waals surface area contributed by atoms with Crippen LogP contribution in [-0.4, -0.2) is 9.91 Å². The van der Waals surface area contributed by atoms with E-state index in [9.17, 15) is 10.1 Å². The normalized spacial score (nSPS) is 10.7. The third-order valence-electron chi connectivity index (χ3n) is 3.17. The molecule has 0 unspecified atom stereocenters. The largest absolute Gasteiger partial charge is 0.489 e. The molecule has 0 aliphatic carbocycles. The van der Waals surface area contributed by atoms with Gasteiger partial charge < -0.3 is 9.72 Å². The van der Waals surface area contributed by atoms with Crippen molar-refractivity contribution in [2.24, 2.45) is 0 Å². The average molecular weight is 303 g/mol. The van der Waals surface area contributed by atoms with Crippen LogP contribution < -0.4 is 4.74 Å². The Morgan fingerprint density at radius 1 is 1.19 bits per heavy atom. The van der Waals surface area contributed by atoms with Crippen LogP contribution in [-0.2, 0) is 6.61 Å². The molecule has 0 bridgehead atoms. The maximum atomic E-state index is 10.7. The molecule has 21 heavy (non-hydrogen) atoms. The molecule has 0 aliphatic heterocycles. The van der Waals surface area contributed by atoms with E-state index in [0.717, 1.165) is 16.7 Å². The minimum atomic E-state index is -0.476. The van der Waals surface area contributed by atoms with Crippen molar-refractivity contribution in [3.8, 4) is 5.75 Å². The summed E-state index contributed by atoms with van der Waals surface area (Å²) in [4.78, 5) is 13.3. The Labute approximate surface area is 125 Å². The van der Waals surface area contributed by atoms with Crippen LogP contribution in [0, 0.1) is 10.1 Å². The summed E-state index contributed by atoms with van der Waals surface area (Å²) < 4.78 is 5.68. The van der Waals surface area contributed by atoms with Gasteiger partial charge in [0.05, 0.1) is 9.95 Å². The van der Waals surface area contributed by atoms with Crippen LogP contribution in [0.4, 0.5) is 5.69 Å². The molecule has 0 radical (unpaired) electrons. The minimum Gasteiger partial charge on any atom is -0.489 e. The Morgan fingerprint density at radius 3 is 2.81 bits per heavy atom. The number of H-pyrrole nitrogens is 1. The van der Waals surface area contributed by atoms with E-state index in [4.69, 9.17) is 16.3 Å². The lowest BCUT2D eigenvalue weighted by atomic mass is 10.2. The van der Waals surface area contributed by atoms with Crippen molar-refractivity contribution in [2.75, 3.05) is 0 Å². The fourth-order valence-electron chi connectivity index (χ4n) is 2.05. The molecule has 6 heteroatoms. The van der Waals surface area contributed by atoms with Crippen molar-refractivity contribution in [2.45, 2.75) is 6.61 Å². The molecule has 106 valence electrons. The monoisotopic (exact) mass is 302 g/mol. The third-order valence-corrected chi connectivity index (χ3v) is 3.52. The summed E-state index contributed by atoms with van der Waals surface area (Å²) in [5, 5.41) is 12.0. The van der Waals surface area contributed by atoms with Crippen molar-refractivity contribution in [3.05, 3.63) is 69.4 Å². The van der Waals surface area contributed by atoms with Crippen molar-refractivity contribution in [3.63, 3.8) is 0 Å². The van der Waals surface area contributed by atoms with Gasteiger partial charge in [-0.15, -0.1) is 0 Å². The number of non-ortho nitro benzene ring substituents is 1. The van der Waals surface area contributed by atoms with Crippen molar-refractivity contribution >= 4 is 28.2 Å². The number of benzene rings is 2. The Balaban J connectivity index is 1.76. The predicted octanol–water partition coefficient (Wildman–Crippen LogP) is 4.31. The first-order valence-electron chi connectivity index (χ1n) is 6.26. The van der Waals surface area contributed by atoms with Crippen molar-refractivity contribution < 1.29 is 9.66 Å². The minimum absolute atomic E-state index is 0.0301. The van der Waals surface area contributed by atoms with Gasteiger partial charge in [0.25, 0.3) is 5.69 Å². The van der Waals surface area contributed by atoms with E-state index < -0.39 is 4.92 Å². The van der Waals surface area contributed by atoms with Crippen molar-refractivity contribution in [1.29, 1.82) is 0 Å². The summed E-state index contributed by atoms with van der Waals surface area (Å²) in [7, 11) is 0. The molecule has 0 spiro atoms. The van der Waals surface area contributed by atoms with Crippen LogP contribution in [0.3, 0.4) is 0 Å². The lowest BCUT2D eigenvalue weighted by molar-refractivity contribution is -0.384. The number of aromatic nitrogens is 1. The number of nitrogens with zero attached hydrogens (tertiary/aromatic N) is 1. The Morgan fingerprint density at radius 2 is 2.05 bits per heavy atom. The van der Waals surface area contributed by atoms with Gasteiger partial charge in [0.2, 0.25) is 0 Å². The third kappa shape index (κ3) is 2.83. The molecule has 0 atom stereocenters. The quantitative estimate of drug-likeness (QED) is 0.577. The standard InChI is InChI=1S/C15H11ClN2O3/c16-14-8-12(18(19)20)2-1-11(14)9-21-13-3-4-15-10(7-13)5-6-17-15/h1-8,17H,9H2. The highest BCUT2D eigenvalue weighted by atomic mass is 35.5. The molecule has 0 fully saturated rings. The molecular formula is C15H11ClN2O3. The fourth-order valence-corrected chi connectivity index (χ4v) is 2.28. The highest BCUT2D eigenvalue weighted by Gasteiger charge is 2.10. The molecule has 1 heterocycles. The maximum Gasteiger partial charge on any atom is 0.270 e. The number of aromatic amines is 1. The van der Waals surface area contributed by atoms with Gasteiger partial charge in [-0.1, -0.05) is 11.6 Å². The highest BCUT2D eigenvalue weighted by Crippen LogP contribution is 2.25. The number of halogens is 1. The van der Waals surface area contributed by atoms with E-state index in [2.05, 4.69) is 4.98 Å². The summed E-state index contributed by atoms with van der Waals surface area (Å²) in [6, 6.07) is 12.0. The first kappa shape index (κ1) is 13.5. The van der Waals surface area contributed by atoms with E-state index in [1.165, 1.54) is 12.1 Å². The van der Waals surface area contributed by atoms with Gasteiger partial charge in [0, 0.05) is 34.8 Å². The van der Waals surface area contributed by atoms with E-state index in [1.807, 2.05) is 30.5 Å². The van der Waals surface area contributed by atoms with Gasteiger partial charge in [-0.2, -0.15) is 0 Å². The molecule has 0 saturated heterocycles. The number of hydrogen-bond donors (Lipinski definition) is 1. The molecular weight excluding hydrogens is 292 g/mol. The van der Waals surface area contributed by atoms with Crippen molar-refractivity contribution in [1.82, 2.24) is 4.98 Å². The van der Waals surface area contributed by atoms with Crippen LogP contribution >= 0.6 is 11.6 Å². The number of rotatable bonds is 4. The van der Waals surface area contributed by atoms with Gasteiger partial charge >= 0.3 is 0 Å². The number of nitrogens with one attached hydrogen (secondary N) is 1. The molecule has 3 aromatic rings. The number of nitro benzene ring substituents is 1. The molecule has 5 nitrogen and oxygen atoms in total. The van der Waals surface area contributed by atoms with Crippen LogP contribution in [0.5, 0.6) is 5.75 Å². The number of nitro groups is 1. The second-order valence-electron chi connectivity index (χ2n) is 4.55. The maximum absolute atomic E-state index is 10.7. The van der Waals surface area contributed by atoms with Gasteiger partial charge in [0.15, 0.2) is 0 Å². The second-order valence-corrected chi connectivity index (χ2v) is 4.96. The van der Waals surface area contributed by atoms with Crippen LogP contribution in [0.15, 0.2) is 48.7 Å². The Bertz CT molecular complexity index is 814. The lowest BCUT2D eigenvalue weighted by Gasteiger charge is -2.08. The first-order valence-corrected chi connectivity index (χ1v) is 6.64. The second kappa shape index (κ2) is 5.46. The number of hydrogen-bond acceptors (Lipinski definition) is 3. The predicted molar refractivity (Wildman–Crippen MR) is 80.7 cm³/mol.